The Balaban J connectivity index is 1.49. The average Bonchev–Trinajstić information content (AvgIpc) is 3.58. The zero-order valence-electron chi connectivity index (χ0n) is 20.7. The smallest absolute Gasteiger partial charge is 0.147 e. The van der Waals surface area contributed by atoms with E-state index >= 15 is 4.39 Å². The van der Waals surface area contributed by atoms with Crippen LogP contribution in [0.15, 0.2) is 121 Å². The molecule has 0 saturated carbocycles. The fourth-order valence-corrected chi connectivity index (χ4v) is 6.88. The van der Waals surface area contributed by atoms with Crippen LogP contribution in [0.3, 0.4) is 0 Å². The van der Waals surface area contributed by atoms with E-state index in [2.05, 4.69) is 65.2 Å². The number of para-hydroxylation sites is 3. The lowest BCUT2D eigenvalue weighted by molar-refractivity contribution is 0.641. The maximum absolute atomic E-state index is 15.5. The second-order valence-corrected chi connectivity index (χ2v) is 10.6. The zero-order valence-corrected chi connectivity index (χ0v) is 21.5. The lowest BCUT2D eigenvalue weighted by atomic mass is 10.0. The van der Waals surface area contributed by atoms with Crippen molar-refractivity contribution in [3.8, 4) is 28.2 Å². The van der Waals surface area contributed by atoms with Crippen LogP contribution in [0.25, 0.3) is 70.3 Å². The number of imidazole rings is 1. The van der Waals surface area contributed by atoms with Crippen LogP contribution in [-0.4, -0.2) is 14.5 Å². The first-order chi connectivity index (χ1) is 19.3. The minimum Gasteiger partial charge on any atom is -0.292 e. The highest BCUT2D eigenvalue weighted by atomic mass is 32.1. The van der Waals surface area contributed by atoms with Crippen LogP contribution >= 0.6 is 11.3 Å². The molecule has 0 fully saturated rings. The summed E-state index contributed by atoms with van der Waals surface area (Å²) in [6.45, 7) is 0. The van der Waals surface area contributed by atoms with E-state index in [0.717, 1.165) is 59.4 Å². The largest absolute Gasteiger partial charge is 0.292 e. The van der Waals surface area contributed by atoms with Gasteiger partial charge in [-0.05, 0) is 35.9 Å². The molecule has 3 nitrogen and oxygen atoms in total. The summed E-state index contributed by atoms with van der Waals surface area (Å²) in [7, 11) is 0. The lowest BCUT2D eigenvalue weighted by Crippen LogP contribution is -2.00. The van der Waals surface area contributed by atoms with Gasteiger partial charge in [0.1, 0.15) is 11.6 Å². The number of nitrogens with zero attached hydrogens (tertiary/aromatic N) is 3. The Bertz CT molecular complexity index is 2190. The molecular formula is C34H20FN3S. The molecule has 0 radical (unpaired) electrons. The molecule has 8 rings (SSSR count). The number of hydrogen-bond donors (Lipinski definition) is 0. The van der Waals surface area contributed by atoms with Crippen molar-refractivity contribution in [3.63, 3.8) is 0 Å². The molecule has 3 aromatic heterocycles. The summed E-state index contributed by atoms with van der Waals surface area (Å²) in [4.78, 5) is 9.85. The molecule has 0 aliphatic heterocycles. The first-order valence-electron chi connectivity index (χ1n) is 12.8. The Kier molecular flexibility index (Phi) is 4.87. The Morgan fingerprint density at radius 3 is 2.36 bits per heavy atom. The third-order valence-electron chi connectivity index (χ3n) is 7.33. The molecule has 5 aromatic carbocycles. The van der Waals surface area contributed by atoms with E-state index in [1.807, 2.05) is 54.7 Å². The number of thiophene rings is 1. The van der Waals surface area contributed by atoms with Gasteiger partial charge in [-0.15, -0.1) is 11.3 Å². The van der Waals surface area contributed by atoms with Gasteiger partial charge < -0.3 is 0 Å². The number of fused-ring (bicyclic) bond motifs is 6. The van der Waals surface area contributed by atoms with Crippen molar-refractivity contribution in [1.82, 2.24) is 14.5 Å². The number of aromatic nitrogens is 3. The molecule has 0 aliphatic carbocycles. The Hall–Kier alpha value is -4.87. The van der Waals surface area contributed by atoms with E-state index in [-0.39, 0.29) is 5.82 Å². The van der Waals surface area contributed by atoms with Gasteiger partial charge in [0.25, 0.3) is 0 Å². The fraction of sp³-hybridized carbons (Fsp3) is 0. The standard InChI is InChI=1S/C34H20FN3S/c35-26-19-18-25(32-30(26)31-33(39-32)24-14-5-4-12-22(24)20-36-31)34-37-27-15-7-9-17-29(27)38(34)28-16-8-6-13-23(28)21-10-2-1-3-11-21/h1-20H. The highest BCUT2D eigenvalue weighted by Crippen LogP contribution is 2.44. The van der Waals surface area contributed by atoms with Crippen LogP contribution in [0.1, 0.15) is 0 Å². The Morgan fingerprint density at radius 1 is 0.667 bits per heavy atom. The van der Waals surface area contributed by atoms with Crippen LogP contribution in [-0.2, 0) is 0 Å². The van der Waals surface area contributed by atoms with Crippen molar-refractivity contribution >= 4 is 53.4 Å². The second kappa shape index (κ2) is 8.58. The van der Waals surface area contributed by atoms with Crippen LogP contribution in [0.4, 0.5) is 4.39 Å². The van der Waals surface area contributed by atoms with Crippen LogP contribution in [0, 0.1) is 5.82 Å². The van der Waals surface area contributed by atoms with Crippen molar-refractivity contribution in [2.24, 2.45) is 0 Å². The van der Waals surface area contributed by atoms with Gasteiger partial charge >= 0.3 is 0 Å². The minimum atomic E-state index is -0.268. The fourth-order valence-electron chi connectivity index (χ4n) is 5.56. The molecule has 0 saturated heterocycles. The summed E-state index contributed by atoms with van der Waals surface area (Å²) in [5.41, 5.74) is 6.71. The molecule has 0 unspecified atom stereocenters. The van der Waals surface area contributed by atoms with Gasteiger partial charge in [-0.3, -0.25) is 9.55 Å². The number of rotatable bonds is 3. The normalized spacial score (nSPS) is 11.7. The summed E-state index contributed by atoms with van der Waals surface area (Å²) < 4.78 is 19.5. The van der Waals surface area contributed by atoms with Crippen molar-refractivity contribution in [1.29, 1.82) is 0 Å². The number of halogens is 1. The molecule has 0 spiro atoms. The molecule has 3 heterocycles. The highest BCUT2D eigenvalue weighted by Gasteiger charge is 2.22. The van der Waals surface area contributed by atoms with E-state index in [9.17, 15) is 0 Å². The van der Waals surface area contributed by atoms with Crippen molar-refractivity contribution in [2.75, 3.05) is 0 Å². The van der Waals surface area contributed by atoms with Crippen LogP contribution in [0.2, 0.25) is 0 Å². The van der Waals surface area contributed by atoms with E-state index in [1.165, 1.54) is 0 Å². The monoisotopic (exact) mass is 521 g/mol. The molecule has 5 heteroatoms. The lowest BCUT2D eigenvalue weighted by Gasteiger charge is -2.15. The SMILES string of the molecule is Fc1ccc(-c2nc3ccccc3n2-c2ccccc2-c2ccccc2)c2sc3c4ccccc4cnc3c12. The Morgan fingerprint density at radius 2 is 1.44 bits per heavy atom. The van der Waals surface area contributed by atoms with Gasteiger partial charge in [-0.2, -0.15) is 0 Å². The summed E-state index contributed by atoms with van der Waals surface area (Å²) in [6.07, 6.45) is 1.83. The zero-order chi connectivity index (χ0) is 25.9. The molecular weight excluding hydrogens is 501 g/mol. The Labute approximate surface area is 227 Å². The van der Waals surface area contributed by atoms with Crippen LogP contribution in [0.5, 0.6) is 0 Å². The third kappa shape index (κ3) is 3.33. The van der Waals surface area contributed by atoms with Gasteiger partial charge in [0, 0.05) is 28.1 Å². The molecule has 0 bridgehead atoms. The summed E-state index contributed by atoms with van der Waals surface area (Å²) in [6, 6.07) is 38.5. The van der Waals surface area contributed by atoms with Crippen molar-refractivity contribution in [3.05, 3.63) is 127 Å². The predicted octanol–water partition coefficient (Wildman–Crippen LogP) is 9.41. The number of pyridine rings is 1. The van der Waals surface area contributed by atoms with E-state index in [4.69, 9.17) is 9.97 Å². The molecule has 8 aromatic rings. The summed E-state index contributed by atoms with van der Waals surface area (Å²) >= 11 is 1.59. The number of benzene rings is 5. The minimum absolute atomic E-state index is 0.268. The summed E-state index contributed by atoms with van der Waals surface area (Å²) in [5, 5.41) is 2.67. The average molecular weight is 522 g/mol. The topological polar surface area (TPSA) is 30.7 Å². The first kappa shape index (κ1) is 22.1. The van der Waals surface area contributed by atoms with E-state index < -0.39 is 0 Å². The van der Waals surface area contributed by atoms with Gasteiger partial charge in [0.15, 0.2) is 0 Å². The molecule has 0 amide bonds. The molecule has 0 N–H and O–H groups in total. The highest BCUT2D eigenvalue weighted by molar-refractivity contribution is 7.27. The van der Waals surface area contributed by atoms with Gasteiger partial charge in [0.2, 0.25) is 0 Å². The number of hydrogen-bond acceptors (Lipinski definition) is 3. The van der Waals surface area contributed by atoms with Gasteiger partial charge in [0.05, 0.1) is 37.0 Å². The molecule has 0 aliphatic rings. The predicted molar refractivity (Wildman–Crippen MR) is 160 cm³/mol. The van der Waals surface area contributed by atoms with Crippen LogP contribution < -0.4 is 0 Å². The molecule has 0 atom stereocenters. The first-order valence-corrected chi connectivity index (χ1v) is 13.6. The quantitative estimate of drug-likeness (QED) is 0.232. The maximum Gasteiger partial charge on any atom is 0.147 e. The van der Waals surface area contributed by atoms with Gasteiger partial charge in [-0.25, -0.2) is 9.37 Å². The molecule has 39 heavy (non-hydrogen) atoms. The molecule has 184 valence electrons. The van der Waals surface area contributed by atoms with Crippen molar-refractivity contribution in [2.45, 2.75) is 0 Å². The third-order valence-corrected chi connectivity index (χ3v) is 8.58. The van der Waals surface area contributed by atoms with E-state index in [0.29, 0.717) is 10.9 Å². The second-order valence-electron chi connectivity index (χ2n) is 9.57. The van der Waals surface area contributed by atoms with E-state index in [1.54, 1.807) is 17.4 Å². The summed E-state index contributed by atoms with van der Waals surface area (Å²) in [5.74, 6) is 0.510. The van der Waals surface area contributed by atoms with Crippen molar-refractivity contribution < 1.29 is 4.39 Å². The van der Waals surface area contributed by atoms with Gasteiger partial charge in [-0.1, -0.05) is 84.9 Å². The maximum atomic E-state index is 15.5.